The van der Waals surface area contributed by atoms with Gasteiger partial charge < -0.3 is 15.4 Å². The molecular weight excluding hydrogens is 326 g/mol. The van der Waals surface area contributed by atoms with Gasteiger partial charge in [0.05, 0.1) is 19.3 Å². The summed E-state index contributed by atoms with van der Waals surface area (Å²) in [5, 5.41) is 6.28. The standard InChI is InChI=1S/C21H35N3O2/c1-16(2)18(24-11-13-26-14-12-24)15-22-20(25)23-19(21(3,4)5)17-9-7-6-8-10-17/h6-10,16,18-19H,11-15H2,1-5H3,(H2,22,23,25). The van der Waals surface area contributed by atoms with E-state index in [1.54, 1.807) is 0 Å². The lowest BCUT2D eigenvalue weighted by Crippen LogP contribution is -2.53. The van der Waals surface area contributed by atoms with Gasteiger partial charge in [0.25, 0.3) is 0 Å². The Bertz CT molecular complexity index is 548. The Morgan fingerprint density at radius 3 is 2.31 bits per heavy atom. The number of urea groups is 1. The van der Waals surface area contributed by atoms with Gasteiger partial charge in [0.15, 0.2) is 0 Å². The lowest BCUT2D eigenvalue weighted by Gasteiger charge is -2.37. The van der Waals surface area contributed by atoms with Crippen LogP contribution in [0.2, 0.25) is 0 Å². The molecule has 1 heterocycles. The molecular formula is C21H35N3O2. The van der Waals surface area contributed by atoms with Crippen LogP contribution in [-0.4, -0.2) is 49.8 Å². The third-order valence-corrected chi connectivity index (χ3v) is 5.03. The van der Waals surface area contributed by atoms with Crippen LogP contribution in [0.3, 0.4) is 0 Å². The number of benzene rings is 1. The monoisotopic (exact) mass is 361 g/mol. The van der Waals surface area contributed by atoms with Crippen LogP contribution in [-0.2, 0) is 4.74 Å². The maximum Gasteiger partial charge on any atom is 0.315 e. The van der Waals surface area contributed by atoms with Gasteiger partial charge in [0.2, 0.25) is 0 Å². The molecule has 2 amide bonds. The molecule has 0 spiro atoms. The van der Waals surface area contributed by atoms with Crippen LogP contribution >= 0.6 is 0 Å². The van der Waals surface area contributed by atoms with Crippen molar-refractivity contribution in [2.75, 3.05) is 32.8 Å². The van der Waals surface area contributed by atoms with E-state index in [1.165, 1.54) is 0 Å². The molecule has 2 N–H and O–H groups in total. The van der Waals surface area contributed by atoms with Crippen LogP contribution in [0.1, 0.15) is 46.2 Å². The average molecular weight is 362 g/mol. The zero-order valence-corrected chi connectivity index (χ0v) is 16.9. The predicted molar refractivity (Wildman–Crippen MR) is 106 cm³/mol. The Balaban J connectivity index is 1.96. The van der Waals surface area contributed by atoms with E-state index in [2.05, 4.69) is 62.3 Å². The summed E-state index contributed by atoms with van der Waals surface area (Å²) >= 11 is 0. The van der Waals surface area contributed by atoms with E-state index in [-0.39, 0.29) is 17.5 Å². The molecule has 5 heteroatoms. The first-order valence-corrected chi connectivity index (χ1v) is 9.70. The van der Waals surface area contributed by atoms with Gasteiger partial charge in [-0.25, -0.2) is 4.79 Å². The second-order valence-electron chi connectivity index (χ2n) is 8.52. The number of carbonyl (C=O) groups is 1. The molecule has 5 nitrogen and oxygen atoms in total. The number of morpholine rings is 1. The largest absolute Gasteiger partial charge is 0.379 e. The predicted octanol–water partition coefficient (Wildman–Crippen LogP) is 3.43. The maximum atomic E-state index is 12.6. The van der Waals surface area contributed by atoms with Gasteiger partial charge in [-0.05, 0) is 16.9 Å². The van der Waals surface area contributed by atoms with Crippen LogP contribution < -0.4 is 10.6 Å². The Morgan fingerprint density at radius 1 is 1.15 bits per heavy atom. The van der Waals surface area contributed by atoms with Crippen molar-refractivity contribution >= 4 is 6.03 Å². The third kappa shape index (κ3) is 5.99. The fourth-order valence-corrected chi connectivity index (χ4v) is 3.52. The van der Waals surface area contributed by atoms with Gasteiger partial charge in [0.1, 0.15) is 0 Å². The summed E-state index contributed by atoms with van der Waals surface area (Å²) in [6, 6.07) is 10.4. The van der Waals surface area contributed by atoms with Crippen molar-refractivity contribution in [2.45, 2.75) is 46.7 Å². The molecule has 2 unspecified atom stereocenters. The summed E-state index contributed by atoms with van der Waals surface area (Å²) < 4.78 is 5.45. The molecule has 26 heavy (non-hydrogen) atoms. The number of hydrogen-bond donors (Lipinski definition) is 2. The van der Waals surface area contributed by atoms with Gasteiger partial charge in [-0.3, -0.25) is 4.90 Å². The molecule has 0 aromatic heterocycles. The molecule has 0 bridgehead atoms. The van der Waals surface area contributed by atoms with E-state index in [1.807, 2.05) is 18.2 Å². The Kier molecular flexibility index (Phi) is 7.47. The highest BCUT2D eigenvalue weighted by Gasteiger charge is 2.29. The van der Waals surface area contributed by atoms with Gasteiger partial charge in [-0.1, -0.05) is 65.0 Å². The smallest absolute Gasteiger partial charge is 0.315 e. The normalized spacial score (nSPS) is 18.4. The number of nitrogens with zero attached hydrogens (tertiary/aromatic N) is 1. The summed E-state index contributed by atoms with van der Waals surface area (Å²) in [5.41, 5.74) is 1.06. The second-order valence-corrected chi connectivity index (χ2v) is 8.52. The molecule has 0 saturated carbocycles. The molecule has 1 aromatic rings. The first kappa shape index (κ1) is 20.7. The summed E-state index contributed by atoms with van der Waals surface area (Å²) in [4.78, 5) is 15.0. The quantitative estimate of drug-likeness (QED) is 0.816. The van der Waals surface area contributed by atoms with Crippen LogP contribution in [0.25, 0.3) is 0 Å². The van der Waals surface area contributed by atoms with Crippen molar-refractivity contribution in [2.24, 2.45) is 11.3 Å². The van der Waals surface area contributed by atoms with Crippen LogP contribution in [0.5, 0.6) is 0 Å². The molecule has 2 rings (SSSR count). The zero-order valence-electron chi connectivity index (χ0n) is 16.9. The lowest BCUT2D eigenvalue weighted by atomic mass is 9.82. The van der Waals surface area contributed by atoms with E-state index in [9.17, 15) is 4.79 Å². The first-order valence-electron chi connectivity index (χ1n) is 9.70. The first-order chi connectivity index (χ1) is 12.3. The van der Waals surface area contributed by atoms with Gasteiger partial charge in [-0.15, -0.1) is 0 Å². The summed E-state index contributed by atoms with van der Waals surface area (Å²) in [7, 11) is 0. The maximum absolute atomic E-state index is 12.6. The van der Waals surface area contributed by atoms with Crippen molar-refractivity contribution < 1.29 is 9.53 Å². The second kappa shape index (κ2) is 9.38. The van der Waals surface area contributed by atoms with Gasteiger partial charge in [0, 0.05) is 25.7 Å². The number of amides is 2. The van der Waals surface area contributed by atoms with Crippen molar-refractivity contribution in [3.05, 3.63) is 35.9 Å². The van der Waals surface area contributed by atoms with Gasteiger partial charge >= 0.3 is 6.03 Å². The van der Waals surface area contributed by atoms with E-state index in [4.69, 9.17) is 4.74 Å². The van der Waals surface area contributed by atoms with E-state index in [0.717, 1.165) is 31.9 Å². The van der Waals surface area contributed by atoms with Crippen molar-refractivity contribution in [1.29, 1.82) is 0 Å². The summed E-state index contributed by atoms with van der Waals surface area (Å²) in [5.74, 6) is 0.473. The van der Waals surface area contributed by atoms with Gasteiger partial charge in [-0.2, -0.15) is 0 Å². The average Bonchev–Trinajstić information content (AvgIpc) is 2.60. The molecule has 1 aromatic carbocycles. The van der Waals surface area contributed by atoms with Crippen LogP contribution in [0, 0.1) is 11.3 Å². The molecule has 1 fully saturated rings. The van der Waals surface area contributed by atoms with E-state index >= 15 is 0 Å². The molecule has 1 saturated heterocycles. The molecule has 0 aliphatic carbocycles. The lowest BCUT2D eigenvalue weighted by molar-refractivity contribution is 0.00715. The SMILES string of the molecule is CC(C)C(CNC(=O)NC(c1ccccc1)C(C)(C)C)N1CCOCC1. The minimum absolute atomic E-state index is 0.0374. The number of rotatable bonds is 6. The van der Waals surface area contributed by atoms with Crippen LogP contribution in [0.4, 0.5) is 4.79 Å². The van der Waals surface area contributed by atoms with Crippen molar-refractivity contribution in [3.8, 4) is 0 Å². The van der Waals surface area contributed by atoms with Crippen molar-refractivity contribution in [3.63, 3.8) is 0 Å². The van der Waals surface area contributed by atoms with Crippen LogP contribution in [0.15, 0.2) is 30.3 Å². The number of carbonyl (C=O) groups excluding carboxylic acids is 1. The topological polar surface area (TPSA) is 53.6 Å². The molecule has 1 aliphatic rings. The highest BCUT2D eigenvalue weighted by molar-refractivity contribution is 5.74. The fraction of sp³-hybridized carbons (Fsp3) is 0.667. The van der Waals surface area contributed by atoms with Crippen molar-refractivity contribution in [1.82, 2.24) is 15.5 Å². The number of ether oxygens (including phenoxy) is 1. The van der Waals surface area contributed by atoms with E-state index < -0.39 is 0 Å². The third-order valence-electron chi connectivity index (χ3n) is 5.03. The number of nitrogens with one attached hydrogen (secondary N) is 2. The highest BCUT2D eigenvalue weighted by Crippen LogP contribution is 2.32. The summed E-state index contributed by atoms with van der Waals surface area (Å²) in [6.45, 7) is 14.9. The minimum atomic E-state index is -0.104. The Labute approximate surface area is 158 Å². The molecule has 2 atom stereocenters. The highest BCUT2D eigenvalue weighted by atomic mass is 16.5. The Hall–Kier alpha value is -1.59. The fourth-order valence-electron chi connectivity index (χ4n) is 3.52. The molecule has 1 aliphatic heterocycles. The molecule has 146 valence electrons. The Morgan fingerprint density at radius 2 is 1.77 bits per heavy atom. The minimum Gasteiger partial charge on any atom is -0.379 e. The van der Waals surface area contributed by atoms with E-state index in [0.29, 0.717) is 18.5 Å². The number of hydrogen-bond acceptors (Lipinski definition) is 3. The summed E-state index contributed by atoms with van der Waals surface area (Å²) in [6.07, 6.45) is 0. The molecule has 0 radical (unpaired) electrons. The zero-order chi connectivity index (χ0) is 19.2.